The smallest absolute Gasteiger partial charge is 0.320 e. The quantitative estimate of drug-likeness (QED) is 0.601. The Kier molecular flexibility index (Phi) is 5.30. The van der Waals surface area contributed by atoms with Gasteiger partial charge in [-0.15, -0.1) is 0 Å². The van der Waals surface area contributed by atoms with Crippen LogP contribution in [0.5, 0.6) is 5.75 Å². The molecule has 1 rings (SSSR count). The number of rotatable bonds is 1. The van der Waals surface area contributed by atoms with Crippen LogP contribution in [-0.2, 0) is 4.79 Å². The summed E-state index contributed by atoms with van der Waals surface area (Å²) in [5, 5.41) is 16.5. The molecule has 4 nitrogen and oxygen atoms in total. The highest BCUT2D eigenvalue weighted by atomic mass is 16.4. The van der Waals surface area contributed by atoms with Gasteiger partial charge in [-0.05, 0) is 19.1 Å². The summed E-state index contributed by atoms with van der Waals surface area (Å²) in [5.74, 6) is -0.641. The summed E-state index contributed by atoms with van der Waals surface area (Å²) in [7, 11) is 0. The molecular formula is C9H13NO3. The van der Waals surface area contributed by atoms with Crippen molar-refractivity contribution in [2.75, 3.05) is 0 Å². The number of carboxylic acids is 1. The summed E-state index contributed by atoms with van der Waals surface area (Å²) in [4.78, 5) is 9.57. The van der Waals surface area contributed by atoms with Crippen molar-refractivity contribution in [2.45, 2.75) is 13.0 Å². The van der Waals surface area contributed by atoms with Gasteiger partial charge < -0.3 is 15.9 Å². The second-order valence-electron chi connectivity index (χ2n) is 2.46. The number of aliphatic carboxylic acids is 1. The molecule has 1 atom stereocenters. The molecule has 4 heteroatoms. The van der Waals surface area contributed by atoms with Crippen molar-refractivity contribution in [3.8, 4) is 5.75 Å². The second kappa shape index (κ2) is 6.02. The van der Waals surface area contributed by atoms with E-state index in [0.29, 0.717) is 5.75 Å². The van der Waals surface area contributed by atoms with Gasteiger partial charge in [-0.25, -0.2) is 0 Å². The van der Waals surface area contributed by atoms with E-state index in [9.17, 15) is 4.79 Å². The van der Waals surface area contributed by atoms with Crippen molar-refractivity contribution in [3.05, 3.63) is 30.3 Å². The Labute approximate surface area is 76.6 Å². The molecule has 1 aromatic carbocycles. The van der Waals surface area contributed by atoms with E-state index in [4.69, 9.17) is 15.9 Å². The predicted molar refractivity (Wildman–Crippen MR) is 49.4 cm³/mol. The topological polar surface area (TPSA) is 83.6 Å². The van der Waals surface area contributed by atoms with Gasteiger partial charge in [-0.2, -0.15) is 0 Å². The molecule has 0 saturated carbocycles. The van der Waals surface area contributed by atoms with Crippen molar-refractivity contribution in [2.24, 2.45) is 5.73 Å². The number of aromatic hydroxyl groups is 1. The van der Waals surface area contributed by atoms with E-state index in [1.807, 2.05) is 6.07 Å². The average molecular weight is 183 g/mol. The molecule has 0 spiro atoms. The summed E-state index contributed by atoms with van der Waals surface area (Å²) in [6.45, 7) is 1.42. The van der Waals surface area contributed by atoms with Crippen molar-refractivity contribution >= 4 is 5.97 Å². The lowest BCUT2D eigenvalue weighted by molar-refractivity contribution is -0.138. The number of nitrogens with two attached hydrogens (primary N) is 1. The molecule has 13 heavy (non-hydrogen) atoms. The first-order valence-electron chi connectivity index (χ1n) is 3.76. The normalized spacial score (nSPS) is 10.9. The zero-order chi connectivity index (χ0) is 10.3. The summed E-state index contributed by atoms with van der Waals surface area (Å²) in [5.41, 5.74) is 4.84. The highest BCUT2D eigenvalue weighted by Gasteiger charge is 1.99. The van der Waals surface area contributed by atoms with E-state index in [-0.39, 0.29) is 0 Å². The Bertz CT molecular complexity index is 246. The molecule has 0 aliphatic heterocycles. The van der Waals surface area contributed by atoms with Crippen molar-refractivity contribution in [1.82, 2.24) is 0 Å². The molecule has 1 aromatic rings. The third kappa shape index (κ3) is 6.83. The van der Waals surface area contributed by atoms with Crippen LogP contribution in [0, 0.1) is 0 Å². The first kappa shape index (κ1) is 11.4. The van der Waals surface area contributed by atoms with Crippen LogP contribution in [0.25, 0.3) is 0 Å². The molecule has 0 radical (unpaired) electrons. The molecule has 0 bridgehead atoms. The molecular weight excluding hydrogens is 170 g/mol. The molecule has 0 unspecified atom stereocenters. The molecule has 0 saturated heterocycles. The molecule has 0 aliphatic carbocycles. The van der Waals surface area contributed by atoms with E-state index in [1.165, 1.54) is 6.92 Å². The van der Waals surface area contributed by atoms with Crippen LogP contribution in [-0.4, -0.2) is 22.2 Å². The fraction of sp³-hybridized carbons (Fsp3) is 0.222. The zero-order valence-electron chi connectivity index (χ0n) is 7.34. The van der Waals surface area contributed by atoms with Gasteiger partial charge in [0.15, 0.2) is 0 Å². The minimum absolute atomic E-state index is 0.322. The number of hydrogen-bond acceptors (Lipinski definition) is 3. The maximum absolute atomic E-state index is 9.57. The van der Waals surface area contributed by atoms with E-state index in [2.05, 4.69) is 0 Å². The predicted octanol–water partition coefficient (Wildman–Crippen LogP) is 0.810. The summed E-state index contributed by atoms with van der Waals surface area (Å²) < 4.78 is 0. The third-order valence-corrected chi connectivity index (χ3v) is 1.15. The van der Waals surface area contributed by atoms with Gasteiger partial charge in [0.05, 0.1) is 0 Å². The fourth-order valence-corrected chi connectivity index (χ4v) is 0.428. The number of carbonyl (C=O) groups is 1. The molecule has 0 heterocycles. The Balaban J connectivity index is 0.000000226. The fourth-order valence-electron chi connectivity index (χ4n) is 0.428. The van der Waals surface area contributed by atoms with Crippen LogP contribution in [0.4, 0.5) is 0 Å². The number of benzene rings is 1. The Hall–Kier alpha value is -1.55. The van der Waals surface area contributed by atoms with Gasteiger partial charge in [0.1, 0.15) is 11.8 Å². The summed E-state index contributed by atoms with van der Waals surface area (Å²) >= 11 is 0. The number of carboxylic acid groups (broad SMARTS) is 1. The van der Waals surface area contributed by atoms with Gasteiger partial charge in [0, 0.05) is 0 Å². The van der Waals surface area contributed by atoms with E-state index in [0.717, 1.165) is 0 Å². The molecule has 4 N–H and O–H groups in total. The van der Waals surface area contributed by atoms with E-state index >= 15 is 0 Å². The molecule has 72 valence electrons. The lowest BCUT2D eigenvalue weighted by Crippen LogP contribution is -2.25. The molecule has 0 aliphatic rings. The monoisotopic (exact) mass is 183 g/mol. The van der Waals surface area contributed by atoms with Crippen LogP contribution in [0.15, 0.2) is 30.3 Å². The summed E-state index contributed by atoms with van der Waals surface area (Å²) in [6, 6.07) is 7.98. The number of para-hydroxylation sites is 1. The zero-order valence-corrected chi connectivity index (χ0v) is 7.34. The van der Waals surface area contributed by atoms with Gasteiger partial charge in [-0.3, -0.25) is 4.79 Å². The van der Waals surface area contributed by atoms with Crippen molar-refractivity contribution in [3.63, 3.8) is 0 Å². The third-order valence-electron chi connectivity index (χ3n) is 1.15. The maximum Gasteiger partial charge on any atom is 0.320 e. The Morgan fingerprint density at radius 1 is 1.38 bits per heavy atom. The molecule has 0 fully saturated rings. The minimum atomic E-state index is -0.963. The largest absolute Gasteiger partial charge is 0.508 e. The van der Waals surface area contributed by atoms with Crippen LogP contribution in [0.3, 0.4) is 0 Å². The second-order valence-corrected chi connectivity index (χ2v) is 2.46. The average Bonchev–Trinajstić information content (AvgIpc) is 2.06. The highest BCUT2D eigenvalue weighted by molar-refractivity contribution is 5.72. The highest BCUT2D eigenvalue weighted by Crippen LogP contribution is 2.02. The minimum Gasteiger partial charge on any atom is -0.508 e. The number of hydrogen-bond donors (Lipinski definition) is 3. The van der Waals surface area contributed by atoms with Crippen LogP contribution in [0.2, 0.25) is 0 Å². The van der Waals surface area contributed by atoms with Crippen LogP contribution in [0.1, 0.15) is 6.92 Å². The van der Waals surface area contributed by atoms with Crippen molar-refractivity contribution in [1.29, 1.82) is 0 Å². The van der Waals surface area contributed by atoms with Gasteiger partial charge in [0.25, 0.3) is 0 Å². The van der Waals surface area contributed by atoms with Gasteiger partial charge >= 0.3 is 5.97 Å². The maximum atomic E-state index is 9.57. The first-order chi connectivity index (χ1) is 6.04. The standard InChI is InChI=1S/C6H6O.C3H7NO2/c7-6-4-2-1-3-5-6;1-2(4)3(5)6/h1-5,7H;2H,4H2,1H3,(H,5,6)/t;2-/m.0/s1. The van der Waals surface area contributed by atoms with Gasteiger partial charge in [-0.1, -0.05) is 18.2 Å². The Morgan fingerprint density at radius 2 is 1.77 bits per heavy atom. The molecule has 0 aromatic heterocycles. The molecule has 0 amide bonds. The SMILES string of the molecule is C[C@H](N)C(=O)O.Oc1ccccc1. The lowest BCUT2D eigenvalue weighted by atomic mass is 10.3. The first-order valence-corrected chi connectivity index (χ1v) is 3.76. The van der Waals surface area contributed by atoms with Gasteiger partial charge in [0.2, 0.25) is 0 Å². The van der Waals surface area contributed by atoms with Crippen LogP contribution >= 0.6 is 0 Å². The lowest BCUT2D eigenvalue weighted by Gasteiger charge is -1.90. The van der Waals surface area contributed by atoms with E-state index < -0.39 is 12.0 Å². The number of phenolic OH excluding ortho intramolecular Hbond substituents is 1. The summed E-state index contributed by atoms with van der Waals surface area (Å²) in [6.07, 6.45) is 0. The number of phenols is 1. The van der Waals surface area contributed by atoms with Crippen LogP contribution < -0.4 is 5.73 Å². The van der Waals surface area contributed by atoms with Crippen molar-refractivity contribution < 1.29 is 15.0 Å². The Morgan fingerprint density at radius 3 is 1.92 bits per heavy atom. The van der Waals surface area contributed by atoms with E-state index in [1.54, 1.807) is 24.3 Å².